The summed E-state index contributed by atoms with van der Waals surface area (Å²) in [7, 11) is -1.84. The molecule has 0 radical (unpaired) electrons. The van der Waals surface area contributed by atoms with E-state index >= 15 is 0 Å². The fourth-order valence-electron chi connectivity index (χ4n) is 1.53. The number of ether oxygens (including phenoxy) is 1. The van der Waals surface area contributed by atoms with Crippen LogP contribution in [0.3, 0.4) is 0 Å². The maximum absolute atomic E-state index is 12.1. The van der Waals surface area contributed by atoms with Crippen LogP contribution in [-0.2, 0) is 9.84 Å². The molecule has 1 N–H and O–H groups in total. The molecule has 0 bridgehead atoms. The highest BCUT2D eigenvalue weighted by atomic mass is 32.2. The van der Waals surface area contributed by atoms with E-state index in [9.17, 15) is 13.5 Å². The standard InChI is InChI=1S/C14H22O4S/c1-11(2)14(3,15)9-10-19(16,17)13-7-5-12(18-4)6-8-13/h5-8,11,15H,9-10H2,1-4H3. The van der Waals surface area contributed by atoms with Crippen LogP contribution in [-0.4, -0.2) is 32.0 Å². The second-order valence-corrected chi connectivity index (χ2v) is 7.37. The van der Waals surface area contributed by atoms with E-state index in [0.717, 1.165) is 0 Å². The average Bonchev–Trinajstić information content (AvgIpc) is 2.36. The molecule has 0 saturated carbocycles. The van der Waals surface area contributed by atoms with Crippen molar-refractivity contribution < 1.29 is 18.3 Å². The van der Waals surface area contributed by atoms with Gasteiger partial charge in [0.25, 0.3) is 0 Å². The van der Waals surface area contributed by atoms with Crippen molar-refractivity contribution in [1.29, 1.82) is 0 Å². The summed E-state index contributed by atoms with van der Waals surface area (Å²) in [6, 6.07) is 6.29. The molecule has 0 aliphatic rings. The highest BCUT2D eigenvalue weighted by Gasteiger charge is 2.27. The Morgan fingerprint density at radius 1 is 1.26 bits per heavy atom. The molecular formula is C14H22O4S. The first-order valence-electron chi connectivity index (χ1n) is 6.28. The predicted molar refractivity (Wildman–Crippen MR) is 75.1 cm³/mol. The molecule has 1 unspecified atom stereocenters. The van der Waals surface area contributed by atoms with Crippen molar-refractivity contribution in [2.45, 2.75) is 37.7 Å². The number of hydrogen-bond donors (Lipinski definition) is 1. The Morgan fingerprint density at radius 3 is 2.21 bits per heavy atom. The summed E-state index contributed by atoms with van der Waals surface area (Å²) in [5.74, 6) is 0.566. The summed E-state index contributed by atoms with van der Waals surface area (Å²) in [5.41, 5.74) is -0.973. The largest absolute Gasteiger partial charge is 0.497 e. The Balaban J connectivity index is 2.81. The van der Waals surface area contributed by atoms with Gasteiger partial charge in [0.05, 0.1) is 23.4 Å². The summed E-state index contributed by atoms with van der Waals surface area (Å²) in [6.07, 6.45) is 0.221. The number of rotatable bonds is 6. The molecule has 0 aliphatic carbocycles. The van der Waals surface area contributed by atoms with Crippen LogP contribution in [0.25, 0.3) is 0 Å². The van der Waals surface area contributed by atoms with Crippen molar-refractivity contribution in [3.8, 4) is 5.75 Å². The molecule has 1 atom stereocenters. The molecule has 108 valence electrons. The van der Waals surface area contributed by atoms with Gasteiger partial charge in [-0.15, -0.1) is 0 Å². The third-order valence-electron chi connectivity index (χ3n) is 3.54. The van der Waals surface area contributed by atoms with Crippen LogP contribution in [0, 0.1) is 5.92 Å². The average molecular weight is 286 g/mol. The van der Waals surface area contributed by atoms with Gasteiger partial charge < -0.3 is 9.84 Å². The Bertz CT molecular complexity index is 501. The van der Waals surface area contributed by atoms with Gasteiger partial charge in [-0.1, -0.05) is 13.8 Å². The van der Waals surface area contributed by atoms with E-state index in [4.69, 9.17) is 4.74 Å². The third kappa shape index (κ3) is 4.21. The minimum absolute atomic E-state index is 0.0126. The third-order valence-corrected chi connectivity index (χ3v) is 5.27. The second kappa shape index (κ2) is 5.92. The molecule has 1 aromatic rings. The number of aliphatic hydroxyl groups is 1. The van der Waals surface area contributed by atoms with Crippen molar-refractivity contribution in [3.05, 3.63) is 24.3 Å². The number of hydrogen-bond acceptors (Lipinski definition) is 4. The zero-order chi connectivity index (χ0) is 14.7. The zero-order valence-electron chi connectivity index (χ0n) is 11.9. The normalized spacial score (nSPS) is 15.3. The van der Waals surface area contributed by atoms with Gasteiger partial charge in [-0.2, -0.15) is 0 Å². The highest BCUT2D eigenvalue weighted by molar-refractivity contribution is 7.91. The first-order chi connectivity index (χ1) is 8.69. The molecule has 5 heteroatoms. The fraction of sp³-hybridized carbons (Fsp3) is 0.571. The van der Waals surface area contributed by atoms with Crippen LogP contribution in [0.1, 0.15) is 27.2 Å². The van der Waals surface area contributed by atoms with Gasteiger partial charge >= 0.3 is 0 Å². The van der Waals surface area contributed by atoms with E-state index < -0.39 is 15.4 Å². The minimum atomic E-state index is -3.37. The van der Waals surface area contributed by atoms with E-state index in [0.29, 0.717) is 5.75 Å². The van der Waals surface area contributed by atoms with Crippen LogP contribution in [0.5, 0.6) is 5.75 Å². The number of methoxy groups -OCH3 is 1. The first-order valence-corrected chi connectivity index (χ1v) is 7.93. The second-order valence-electron chi connectivity index (χ2n) is 5.26. The van der Waals surface area contributed by atoms with E-state index in [1.165, 1.54) is 19.2 Å². The zero-order valence-corrected chi connectivity index (χ0v) is 12.7. The van der Waals surface area contributed by atoms with Gasteiger partial charge in [-0.05, 0) is 43.5 Å². The Labute approximate surface area is 115 Å². The van der Waals surface area contributed by atoms with E-state index in [1.807, 2.05) is 13.8 Å². The quantitative estimate of drug-likeness (QED) is 0.871. The lowest BCUT2D eigenvalue weighted by molar-refractivity contribution is 0.0107. The lowest BCUT2D eigenvalue weighted by atomic mass is 9.90. The van der Waals surface area contributed by atoms with Crippen molar-refractivity contribution >= 4 is 9.84 Å². The Hall–Kier alpha value is -1.07. The van der Waals surface area contributed by atoms with Gasteiger partial charge in [-0.3, -0.25) is 0 Å². The molecule has 19 heavy (non-hydrogen) atoms. The van der Waals surface area contributed by atoms with E-state index in [1.54, 1.807) is 19.1 Å². The molecule has 1 aromatic carbocycles. The number of sulfone groups is 1. The lowest BCUT2D eigenvalue weighted by Gasteiger charge is -2.27. The molecule has 0 aromatic heterocycles. The Kier molecular flexibility index (Phi) is 4.98. The van der Waals surface area contributed by atoms with Gasteiger partial charge in [0.15, 0.2) is 9.84 Å². The predicted octanol–water partition coefficient (Wildman–Crippen LogP) is 2.27. The van der Waals surface area contributed by atoms with Crippen molar-refractivity contribution in [2.24, 2.45) is 5.92 Å². The molecule has 1 rings (SSSR count). The fourth-order valence-corrected chi connectivity index (χ4v) is 3.00. The minimum Gasteiger partial charge on any atom is -0.497 e. The van der Waals surface area contributed by atoms with Crippen molar-refractivity contribution in [3.63, 3.8) is 0 Å². The summed E-state index contributed by atoms with van der Waals surface area (Å²) in [4.78, 5) is 0.257. The SMILES string of the molecule is COc1ccc(S(=O)(=O)CCC(C)(O)C(C)C)cc1. The molecule has 4 nitrogen and oxygen atoms in total. The van der Waals surface area contributed by atoms with Crippen LogP contribution in [0.2, 0.25) is 0 Å². The monoisotopic (exact) mass is 286 g/mol. The molecule has 0 spiro atoms. The smallest absolute Gasteiger partial charge is 0.178 e. The van der Waals surface area contributed by atoms with Crippen LogP contribution in [0.4, 0.5) is 0 Å². The number of benzene rings is 1. The summed E-state index contributed by atoms with van der Waals surface area (Å²) < 4.78 is 29.3. The Morgan fingerprint density at radius 2 is 1.79 bits per heavy atom. The van der Waals surface area contributed by atoms with Gasteiger partial charge in [0.1, 0.15) is 5.75 Å². The van der Waals surface area contributed by atoms with E-state index in [-0.39, 0.29) is 23.0 Å². The molecular weight excluding hydrogens is 264 g/mol. The van der Waals surface area contributed by atoms with Gasteiger partial charge in [-0.25, -0.2) is 8.42 Å². The van der Waals surface area contributed by atoms with Gasteiger partial charge in [0.2, 0.25) is 0 Å². The van der Waals surface area contributed by atoms with Crippen LogP contribution in [0.15, 0.2) is 29.2 Å². The summed E-state index contributed by atoms with van der Waals surface area (Å²) in [6.45, 7) is 5.42. The summed E-state index contributed by atoms with van der Waals surface area (Å²) in [5, 5.41) is 10.1. The maximum atomic E-state index is 12.1. The van der Waals surface area contributed by atoms with Crippen molar-refractivity contribution in [1.82, 2.24) is 0 Å². The summed E-state index contributed by atoms with van der Waals surface area (Å²) >= 11 is 0. The molecule has 0 heterocycles. The van der Waals surface area contributed by atoms with Crippen LogP contribution < -0.4 is 4.74 Å². The first kappa shape index (κ1) is 16.0. The highest BCUT2D eigenvalue weighted by Crippen LogP contribution is 2.23. The van der Waals surface area contributed by atoms with Crippen molar-refractivity contribution in [2.75, 3.05) is 12.9 Å². The molecule has 0 amide bonds. The topological polar surface area (TPSA) is 63.6 Å². The maximum Gasteiger partial charge on any atom is 0.178 e. The molecule has 0 aliphatic heterocycles. The molecule has 0 fully saturated rings. The van der Waals surface area contributed by atoms with Crippen LogP contribution >= 0.6 is 0 Å². The van der Waals surface area contributed by atoms with E-state index in [2.05, 4.69) is 0 Å². The molecule has 0 saturated heterocycles. The van der Waals surface area contributed by atoms with Gasteiger partial charge in [0, 0.05) is 0 Å². The lowest BCUT2D eigenvalue weighted by Crippen LogP contribution is -2.33.